The molecule has 1 aromatic heterocycles. The van der Waals surface area contributed by atoms with Crippen LogP contribution in [0.2, 0.25) is 0 Å². The highest BCUT2D eigenvalue weighted by atomic mass is 32.1. The number of hydrogen-bond acceptors (Lipinski definition) is 5. The van der Waals surface area contributed by atoms with Gasteiger partial charge in [0.1, 0.15) is 5.69 Å². The van der Waals surface area contributed by atoms with Gasteiger partial charge in [0, 0.05) is 32.7 Å². The first kappa shape index (κ1) is 16.5. The zero-order valence-corrected chi connectivity index (χ0v) is 15.5. The molecule has 4 rings (SSSR count). The third-order valence-electron chi connectivity index (χ3n) is 5.45. The Kier molecular flexibility index (Phi) is 4.25. The third kappa shape index (κ3) is 2.73. The second-order valence-corrected chi connectivity index (χ2v) is 8.15. The number of thiazole rings is 1. The fourth-order valence-corrected chi connectivity index (χ4v) is 5.25. The van der Waals surface area contributed by atoms with Gasteiger partial charge in [0.2, 0.25) is 0 Å². The average molecular weight is 356 g/mol. The van der Waals surface area contributed by atoms with Crippen LogP contribution in [-0.2, 0) is 0 Å². The number of amides is 1. The van der Waals surface area contributed by atoms with Gasteiger partial charge >= 0.3 is 0 Å². The Morgan fingerprint density at radius 1 is 1.32 bits per heavy atom. The zero-order chi connectivity index (χ0) is 17.6. The van der Waals surface area contributed by atoms with Crippen molar-refractivity contribution in [3.63, 3.8) is 0 Å². The van der Waals surface area contributed by atoms with Gasteiger partial charge in [-0.25, -0.2) is 4.98 Å². The van der Waals surface area contributed by atoms with E-state index in [9.17, 15) is 4.79 Å². The van der Waals surface area contributed by atoms with Gasteiger partial charge in [-0.1, -0.05) is 41.7 Å². The summed E-state index contributed by atoms with van der Waals surface area (Å²) in [6.07, 6.45) is 3.39. The van der Waals surface area contributed by atoms with Crippen molar-refractivity contribution < 1.29 is 4.79 Å². The number of piperidine rings is 1. The Morgan fingerprint density at radius 3 is 2.76 bits per heavy atom. The van der Waals surface area contributed by atoms with Crippen LogP contribution in [-0.4, -0.2) is 48.5 Å². The van der Waals surface area contributed by atoms with Crippen LogP contribution >= 0.6 is 11.3 Å². The highest BCUT2D eigenvalue weighted by molar-refractivity contribution is 7.19. The van der Waals surface area contributed by atoms with Crippen molar-refractivity contribution in [1.82, 2.24) is 9.88 Å². The lowest BCUT2D eigenvalue weighted by Crippen LogP contribution is -2.48. The van der Waals surface area contributed by atoms with Crippen molar-refractivity contribution in [2.24, 2.45) is 11.7 Å². The Balaban J connectivity index is 1.75. The maximum Gasteiger partial charge on any atom is 0.274 e. The SMILES string of the molecule is CN(C)c1nc(C(=O)N2[C@@H]3CC[C@@H](C3)[C@H]2CN)c(-c2ccccc2)s1. The molecule has 2 N–H and O–H groups in total. The van der Waals surface area contributed by atoms with Crippen LogP contribution in [0.1, 0.15) is 29.8 Å². The van der Waals surface area contributed by atoms with Crippen LogP contribution in [0.3, 0.4) is 0 Å². The molecule has 1 amide bonds. The number of nitrogens with zero attached hydrogens (tertiary/aromatic N) is 3. The molecular formula is C19H24N4OS. The largest absolute Gasteiger partial charge is 0.354 e. The molecule has 6 heteroatoms. The quantitative estimate of drug-likeness (QED) is 0.915. The molecular weight excluding hydrogens is 332 g/mol. The molecule has 1 aliphatic heterocycles. The predicted octanol–water partition coefficient (Wildman–Crippen LogP) is 2.83. The van der Waals surface area contributed by atoms with Crippen LogP contribution < -0.4 is 10.6 Å². The van der Waals surface area contributed by atoms with E-state index < -0.39 is 0 Å². The van der Waals surface area contributed by atoms with Crippen molar-refractivity contribution in [3.05, 3.63) is 36.0 Å². The fraction of sp³-hybridized carbons (Fsp3) is 0.474. The highest BCUT2D eigenvalue weighted by Gasteiger charge is 2.48. The minimum atomic E-state index is 0.0471. The summed E-state index contributed by atoms with van der Waals surface area (Å²) in [7, 11) is 3.92. The minimum Gasteiger partial charge on any atom is -0.354 e. The van der Waals surface area contributed by atoms with Crippen LogP contribution in [0, 0.1) is 5.92 Å². The van der Waals surface area contributed by atoms with E-state index in [0.29, 0.717) is 24.2 Å². The number of carbonyl (C=O) groups excluding carboxylic acids is 1. The van der Waals surface area contributed by atoms with Crippen LogP contribution in [0.4, 0.5) is 5.13 Å². The summed E-state index contributed by atoms with van der Waals surface area (Å²) in [5, 5.41) is 0.857. The Bertz CT molecular complexity index is 773. The average Bonchev–Trinajstić information content (AvgIpc) is 3.35. The minimum absolute atomic E-state index is 0.0471. The maximum absolute atomic E-state index is 13.4. The third-order valence-corrected chi connectivity index (χ3v) is 6.73. The van der Waals surface area contributed by atoms with E-state index in [0.717, 1.165) is 28.4 Å². The number of nitrogens with two attached hydrogens (primary N) is 1. The van der Waals surface area contributed by atoms with Gasteiger partial charge in [-0.05, 0) is 30.7 Å². The number of anilines is 1. The number of rotatable bonds is 4. The second kappa shape index (κ2) is 6.42. The van der Waals surface area contributed by atoms with Gasteiger partial charge < -0.3 is 15.5 Å². The Hall–Kier alpha value is -1.92. The van der Waals surface area contributed by atoms with Crippen molar-refractivity contribution in [2.75, 3.05) is 25.5 Å². The molecule has 1 aliphatic carbocycles. The Morgan fingerprint density at radius 2 is 2.08 bits per heavy atom. The van der Waals surface area contributed by atoms with Gasteiger partial charge in [0.05, 0.1) is 4.88 Å². The molecule has 25 heavy (non-hydrogen) atoms. The highest BCUT2D eigenvalue weighted by Crippen LogP contribution is 2.44. The van der Waals surface area contributed by atoms with E-state index in [1.807, 2.05) is 54.2 Å². The summed E-state index contributed by atoms with van der Waals surface area (Å²) in [6, 6.07) is 10.6. The van der Waals surface area contributed by atoms with Gasteiger partial charge in [-0.2, -0.15) is 0 Å². The number of hydrogen-bond donors (Lipinski definition) is 1. The maximum atomic E-state index is 13.4. The van der Waals surface area contributed by atoms with Crippen molar-refractivity contribution >= 4 is 22.4 Å². The lowest BCUT2D eigenvalue weighted by molar-refractivity contribution is 0.0598. The lowest BCUT2D eigenvalue weighted by atomic mass is 9.98. The molecule has 2 aromatic rings. The van der Waals surface area contributed by atoms with Gasteiger partial charge in [0.15, 0.2) is 5.13 Å². The van der Waals surface area contributed by atoms with Crippen LogP contribution in [0.15, 0.2) is 30.3 Å². The molecule has 2 fully saturated rings. The van der Waals surface area contributed by atoms with E-state index in [1.54, 1.807) is 11.3 Å². The van der Waals surface area contributed by atoms with E-state index in [2.05, 4.69) is 0 Å². The van der Waals surface area contributed by atoms with Crippen LogP contribution in [0.25, 0.3) is 10.4 Å². The van der Waals surface area contributed by atoms with Crippen LogP contribution in [0.5, 0.6) is 0 Å². The fourth-order valence-electron chi connectivity index (χ4n) is 4.27. The first-order valence-electron chi connectivity index (χ1n) is 8.86. The summed E-state index contributed by atoms with van der Waals surface area (Å²) < 4.78 is 0. The standard InChI is InChI=1S/C19H24N4OS/c1-22(2)19-21-16(17(25-19)12-6-4-3-5-7-12)18(24)23-14-9-8-13(10-14)15(23)11-20/h3-7,13-15H,8-11,20H2,1-2H3/t13-,14+,15+/m0/s1. The van der Waals surface area contributed by atoms with Crippen molar-refractivity contribution in [3.8, 4) is 10.4 Å². The summed E-state index contributed by atoms with van der Waals surface area (Å²) in [4.78, 5) is 23.1. The summed E-state index contributed by atoms with van der Waals surface area (Å²) >= 11 is 1.57. The Labute approximate surface area is 152 Å². The summed E-state index contributed by atoms with van der Waals surface area (Å²) in [6.45, 7) is 0.540. The monoisotopic (exact) mass is 356 g/mol. The normalized spacial score (nSPS) is 24.8. The smallest absolute Gasteiger partial charge is 0.274 e. The molecule has 3 atom stereocenters. The van der Waals surface area contributed by atoms with E-state index in [4.69, 9.17) is 10.7 Å². The molecule has 2 aliphatic rings. The predicted molar refractivity (Wildman–Crippen MR) is 102 cm³/mol. The molecule has 0 unspecified atom stereocenters. The molecule has 5 nitrogen and oxygen atoms in total. The van der Waals surface area contributed by atoms with E-state index in [1.165, 1.54) is 6.42 Å². The van der Waals surface area contributed by atoms with Crippen molar-refractivity contribution in [1.29, 1.82) is 0 Å². The van der Waals surface area contributed by atoms with Gasteiger partial charge in [-0.3, -0.25) is 4.79 Å². The molecule has 1 saturated heterocycles. The van der Waals surface area contributed by atoms with E-state index in [-0.39, 0.29) is 11.9 Å². The van der Waals surface area contributed by atoms with Gasteiger partial charge in [-0.15, -0.1) is 0 Å². The number of aromatic nitrogens is 1. The molecule has 0 spiro atoms. The molecule has 2 bridgehead atoms. The molecule has 1 aromatic carbocycles. The van der Waals surface area contributed by atoms with E-state index >= 15 is 0 Å². The lowest BCUT2D eigenvalue weighted by Gasteiger charge is -2.34. The number of benzene rings is 1. The number of fused-ring (bicyclic) bond motifs is 2. The van der Waals surface area contributed by atoms with Gasteiger partial charge in [0.25, 0.3) is 5.91 Å². The molecule has 1 saturated carbocycles. The summed E-state index contributed by atoms with van der Waals surface area (Å²) in [5.41, 5.74) is 7.63. The number of likely N-dealkylation sites (tertiary alicyclic amines) is 1. The first-order chi connectivity index (χ1) is 12.1. The van der Waals surface area contributed by atoms with Crippen molar-refractivity contribution in [2.45, 2.75) is 31.3 Å². The second-order valence-electron chi connectivity index (χ2n) is 7.18. The topological polar surface area (TPSA) is 62.5 Å². The number of carbonyl (C=O) groups is 1. The molecule has 2 heterocycles. The summed E-state index contributed by atoms with van der Waals surface area (Å²) in [5.74, 6) is 0.608. The molecule has 0 radical (unpaired) electrons. The first-order valence-corrected chi connectivity index (χ1v) is 9.68. The molecule has 132 valence electrons. The zero-order valence-electron chi connectivity index (χ0n) is 14.7.